The summed E-state index contributed by atoms with van der Waals surface area (Å²) in [5.41, 5.74) is 2.14. The van der Waals surface area contributed by atoms with Crippen LogP contribution in [-0.4, -0.2) is 34.9 Å². The molecule has 4 heteroatoms. The molecule has 1 atom stereocenters. The number of nitrogens with one attached hydrogen (secondary N) is 1. The van der Waals surface area contributed by atoms with Gasteiger partial charge >= 0.3 is 0 Å². The Kier molecular flexibility index (Phi) is 4.81. The standard InChI is InChI=1S/C18H21N3O/c22-18(20-16-5-2-1-3-6-16)17-7-4-13-21(17)14-10-15-8-11-19-12-9-15/h1-3,5-6,8-9,11-12,17H,4,7,10,13-14H2,(H,20,22)/t17-/m0/s1. The smallest absolute Gasteiger partial charge is 0.241 e. The fourth-order valence-electron chi connectivity index (χ4n) is 2.96. The van der Waals surface area contributed by atoms with Crippen LogP contribution in [0.4, 0.5) is 5.69 Å². The number of carbonyl (C=O) groups is 1. The number of pyridine rings is 1. The topological polar surface area (TPSA) is 45.2 Å². The van der Waals surface area contributed by atoms with Crippen LogP contribution < -0.4 is 5.32 Å². The number of hydrogen-bond acceptors (Lipinski definition) is 3. The molecule has 2 aromatic rings. The SMILES string of the molecule is O=C(Nc1ccccc1)[C@@H]1CCCN1CCc1ccncc1. The first kappa shape index (κ1) is 14.7. The van der Waals surface area contributed by atoms with Crippen molar-refractivity contribution in [1.29, 1.82) is 0 Å². The van der Waals surface area contributed by atoms with E-state index in [1.807, 2.05) is 54.9 Å². The maximum Gasteiger partial charge on any atom is 0.241 e. The van der Waals surface area contributed by atoms with Crippen molar-refractivity contribution in [2.45, 2.75) is 25.3 Å². The summed E-state index contributed by atoms with van der Waals surface area (Å²) < 4.78 is 0. The Hall–Kier alpha value is -2.20. The van der Waals surface area contributed by atoms with Gasteiger partial charge in [-0.15, -0.1) is 0 Å². The van der Waals surface area contributed by atoms with Gasteiger partial charge in [0.1, 0.15) is 0 Å². The number of amides is 1. The van der Waals surface area contributed by atoms with E-state index >= 15 is 0 Å². The van der Waals surface area contributed by atoms with E-state index in [0.717, 1.165) is 38.0 Å². The molecule has 0 radical (unpaired) electrons. The first-order valence-corrected chi connectivity index (χ1v) is 7.82. The number of hydrogen-bond donors (Lipinski definition) is 1. The minimum Gasteiger partial charge on any atom is -0.325 e. The van der Waals surface area contributed by atoms with Gasteiger partial charge in [-0.2, -0.15) is 0 Å². The van der Waals surface area contributed by atoms with E-state index in [4.69, 9.17) is 0 Å². The highest BCUT2D eigenvalue weighted by atomic mass is 16.2. The highest BCUT2D eigenvalue weighted by Gasteiger charge is 2.30. The Balaban J connectivity index is 1.57. The zero-order valence-corrected chi connectivity index (χ0v) is 12.6. The number of para-hydroxylation sites is 1. The van der Waals surface area contributed by atoms with E-state index in [1.165, 1.54) is 5.56 Å². The average molecular weight is 295 g/mol. The number of rotatable bonds is 5. The third kappa shape index (κ3) is 3.71. The van der Waals surface area contributed by atoms with E-state index in [9.17, 15) is 4.79 Å². The molecule has 1 N–H and O–H groups in total. The average Bonchev–Trinajstić information content (AvgIpc) is 3.03. The molecule has 1 aromatic heterocycles. The van der Waals surface area contributed by atoms with Crippen molar-refractivity contribution in [2.24, 2.45) is 0 Å². The minimum absolute atomic E-state index is 0.0120. The molecule has 1 aliphatic heterocycles. The summed E-state index contributed by atoms with van der Waals surface area (Å²) in [4.78, 5) is 18.8. The van der Waals surface area contributed by atoms with Gasteiger partial charge in [0.2, 0.25) is 5.91 Å². The highest BCUT2D eigenvalue weighted by molar-refractivity contribution is 5.94. The Morgan fingerprint density at radius 3 is 2.73 bits per heavy atom. The van der Waals surface area contributed by atoms with Crippen LogP contribution >= 0.6 is 0 Å². The number of likely N-dealkylation sites (tertiary alicyclic amines) is 1. The largest absolute Gasteiger partial charge is 0.325 e. The third-order valence-corrected chi connectivity index (χ3v) is 4.14. The second kappa shape index (κ2) is 7.18. The zero-order valence-electron chi connectivity index (χ0n) is 12.6. The summed E-state index contributed by atoms with van der Waals surface area (Å²) in [6.07, 6.45) is 6.62. The normalized spacial score (nSPS) is 18.3. The van der Waals surface area contributed by atoms with E-state index in [0.29, 0.717) is 0 Å². The Morgan fingerprint density at radius 2 is 1.95 bits per heavy atom. The van der Waals surface area contributed by atoms with Crippen LogP contribution in [0.25, 0.3) is 0 Å². The Bertz CT molecular complexity index is 600. The first-order chi connectivity index (χ1) is 10.8. The monoisotopic (exact) mass is 295 g/mol. The molecule has 1 aromatic carbocycles. The van der Waals surface area contributed by atoms with Gasteiger partial charge in [-0.1, -0.05) is 18.2 Å². The van der Waals surface area contributed by atoms with Gasteiger partial charge in [-0.05, 0) is 55.6 Å². The van der Waals surface area contributed by atoms with Gasteiger partial charge in [0.15, 0.2) is 0 Å². The Morgan fingerprint density at radius 1 is 1.18 bits per heavy atom. The van der Waals surface area contributed by atoms with Crippen molar-refractivity contribution < 1.29 is 4.79 Å². The van der Waals surface area contributed by atoms with Crippen molar-refractivity contribution in [3.05, 3.63) is 60.4 Å². The molecule has 1 saturated heterocycles. The maximum absolute atomic E-state index is 12.5. The first-order valence-electron chi connectivity index (χ1n) is 7.82. The lowest BCUT2D eigenvalue weighted by Crippen LogP contribution is -2.40. The zero-order chi connectivity index (χ0) is 15.2. The van der Waals surface area contributed by atoms with Crippen molar-refractivity contribution in [1.82, 2.24) is 9.88 Å². The van der Waals surface area contributed by atoms with Crippen molar-refractivity contribution in [3.8, 4) is 0 Å². The van der Waals surface area contributed by atoms with E-state index < -0.39 is 0 Å². The second-order valence-corrected chi connectivity index (χ2v) is 5.65. The van der Waals surface area contributed by atoms with E-state index in [-0.39, 0.29) is 11.9 Å². The summed E-state index contributed by atoms with van der Waals surface area (Å²) in [7, 11) is 0. The van der Waals surface area contributed by atoms with Crippen molar-refractivity contribution in [2.75, 3.05) is 18.4 Å². The molecule has 0 aliphatic carbocycles. The van der Waals surface area contributed by atoms with Gasteiger partial charge in [0.05, 0.1) is 6.04 Å². The summed E-state index contributed by atoms with van der Waals surface area (Å²) in [6.45, 7) is 1.91. The highest BCUT2D eigenvalue weighted by Crippen LogP contribution is 2.19. The molecule has 0 saturated carbocycles. The maximum atomic E-state index is 12.5. The van der Waals surface area contributed by atoms with Gasteiger partial charge in [0.25, 0.3) is 0 Å². The number of benzene rings is 1. The lowest BCUT2D eigenvalue weighted by molar-refractivity contribution is -0.120. The molecule has 1 aliphatic rings. The van der Waals surface area contributed by atoms with Crippen LogP contribution in [-0.2, 0) is 11.2 Å². The molecular formula is C18H21N3O. The molecule has 2 heterocycles. The lowest BCUT2D eigenvalue weighted by Gasteiger charge is -2.23. The number of aromatic nitrogens is 1. The Labute approximate surface area is 131 Å². The van der Waals surface area contributed by atoms with Gasteiger partial charge in [-0.25, -0.2) is 0 Å². The van der Waals surface area contributed by atoms with Gasteiger partial charge < -0.3 is 5.32 Å². The van der Waals surface area contributed by atoms with Crippen molar-refractivity contribution >= 4 is 11.6 Å². The fourth-order valence-corrected chi connectivity index (χ4v) is 2.96. The number of anilines is 1. The summed E-state index contributed by atoms with van der Waals surface area (Å²) in [5, 5.41) is 3.02. The summed E-state index contributed by atoms with van der Waals surface area (Å²) >= 11 is 0. The predicted molar refractivity (Wildman–Crippen MR) is 87.6 cm³/mol. The summed E-state index contributed by atoms with van der Waals surface area (Å²) in [5.74, 6) is 0.110. The van der Waals surface area contributed by atoms with Crippen LogP contribution in [0.2, 0.25) is 0 Å². The molecule has 0 spiro atoms. The third-order valence-electron chi connectivity index (χ3n) is 4.14. The minimum atomic E-state index is -0.0120. The molecular weight excluding hydrogens is 274 g/mol. The van der Waals surface area contributed by atoms with Gasteiger partial charge in [-0.3, -0.25) is 14.7 Å². The molecule has 3 rings (SSSR count). The lowest BCUT2D eigenvalue weighted by atomic mass is 10.1. The van der Waals surface area contributed by atoms with Crippen LogP contribution in [0.5, 0.6) is 0 Å². The van der Waals surface area contributed by atoms with E-state index in [1.54, 1.807) is 0 Å². The van der Waals surface area contributed by atoms with Crippen LogP contribution in [0, 0.1) is 0 Å². The van der Waals surface area contributed by atoms with Crippen LogP contribution in [0.1, 0.15) is 18.4 Å². The number of nitrogens with zero attached hydrogens (tertiary/aromatic N) is 2. The molecule has 1 amide bonds. The molecule has 22 heavy (non-hydrogen) atoms. The van der Waals surface area contributed by atoms with Crippen molar-refractivity contribution in [3.63, 3.8) is 0 Å². The second-order valence-electron chi connectivity index (χ2n) is 5.65. The van der Waals surface area contributed by atoms with Gasteiger partial charge in [0, 0.05) is 24.6 Å². The number of carbonyl (C=O) groups excluding carboxylic acids is 1. The molecule has 4 nitrogen and oxygen atoms in total. The van der Waals surface area contributed by atoms with Crippen LogP contribution in [0.15, 0.2) is 54.9 Å². The molecule has 114 valence electrons. The molecule has 0 unspecified atom stereocenters. The quantitative estimate of drug-likeness (QED) is 0.922. The predicted octanol–water partition coefficient (Wildman–Crippen LogP) is 2.73. The summed E-state index contributed by atoms with van der Waals surface area (Å²) in [6, 6.07) is 13.7. The molecule has 1 fully saturated rings. The molecule has 0 bridgehead atoms. The van der Waals surface area contributed by atoms with Crippen LogP contribution in [0.3, 0.4) is 0 Å². The fraction of sp³-hybridized carbons (Fsp3) is 0.333. The van der Waals surface area contributed by atoms with E-state index in [2.05, 4.69) is 15.2 Å².